The summed E-state index contributed by atoms with van der Waals surface area (Å²) in [5, 5.41) is 6.18. The molecule has 0 aromatic rings. The fourth-order valence-corrected chi connectivity index (χ4v) is 2.27. The maximum atomic E-state index is 11.4. The fraction of sp³-hybridized carbons (Fsp3) is 0.917. The summed E-state index contributed by atoms with van der Waals surface area (Å²) in [5.74, 6) is 2.08. The van der Waals surface area contributed by atoms with Gasteiger partial charge >= 0.3 is 0 Å². The molecule has 0 aliphatic carbocycles. The van der Waals surface area contributed by atoms with Gasteiger partial charge in [-0.05, 0) is 43.9 Å². The van der Waals surface area contributed by atoms with Crippen LogP contribution in [0.2, 0.25) is 0 Å². The first-order valence-electron chi connectivity index (χ1n) is 6.29. The van der Waals surface area contributed by atoms with Crippen LogP contribution in [0.4, 0.5) is 0 Å². The zero-order chi connectivity index (χ0) is 11.6. The van der Waals surface area contributed by atoms with Crippen molar-refractivity contribution in [1.29, 1.82) is 0 Å². The monoisotopic (exact) mass is 244 g/mol. The molecule has 0 saturated carbocycles. The minimum Gasteiger partial charge on any atom is -0.356 e. The van der Waals surface area contributed by atoms with Crippen molar-refractivity contribution in [2.24, 2.45) is 5.92 Å². The summed E-state index contributed by atoms with van der Waals surface area (Å²) in [6.45, 7) is 2.89. The van der Waals surface area contributed by atoms with E-state index in [-0.39, 0.29) is 5.91 Å². The Labute approximate surface area is 103 Å². The van der Waals surface area contributed by atoms with Gasteiger partial charge in [-0.2, -0.15) is 11.8 Å². The number of hydrogen-bond acceptors (Lipinski definition) is 3. The SMILES string of the molecule is CSCCCCCCNC(=O)CC1CNC1. The van der Waals surface area contributed by atoms with Crippen LogP contribution in [-0.2, 0) is 4.79 Å². The molecule has 0 aromatic carbocycles. The molecular formula is C12H24N2OS. The second-order valence-electron chi connectivity index (χ2n) is 4.49. The minimum atomic E-state index is 0.232. The lowest BCUT2D eigenvalue weighted by Crippen LogP contribution is -2.44. The molecule has 0 aromatic heterocycles. The van der Waals surface area contributed by atoms with Crippen molar-refractivity contribution < 1.29 is 4.79 Å². The lowest BCUT2D eigenvalue weighted by Gasteiger charge is -2.26. The number of carbonyl (C=O) groups excluding carboxylic acids is 1. The molecule has 1 heterocycles. The first kappa shape index (κ1) is 13.8. The van der Waals surface area contributed by atoms with Crippen LogP contribution in [0.5, 0.6) is 0 Å². The molecule has 3 nitrogen and oxygen atoms in total. The van der Waals surface area contributed by atoms with Crippen molar-refractivity contribution >= 4 is 17.7 Å². The van der Waals surface area contributed by atoms with Gasteiger partial charge in [0, 0.05) is 13.0 Å². The summed E-state index contributed by atoms with van der Waals surface area (Å²) in [5.41, 5.74) is 0. The maximum Gasteiger partial charge on any atom is 0.220 e. The van der Waals surface area contributed by atoms with E-state index in [1.54, 1.807) is 0 Å². The number of nitrogens with one attached hydrogen (secondary N) is 2. The molecule has 1 rings (SSSR count). The van der Waals surface area contributed by atoms with Crippen LogP contribution in [0, 0.1) is 5.92 Å². The van der Waals surface area contributed by atoms with E-state index >= 15 is 0 Å². The predicted molar refractivity (Wildman–Crippen MR) is 70.8 cm³/mol. The first-order valence-corrected chi connectivity index (χ1v) is 7.68. The van der Waals surface area contributed by atoms with Crippen molar-refractivity contribution in [2.45, 2.75) is 32.1 Å². The summed E-state index contributed by atoms with van der Waals surface area (Å²) in [7, 11) is 0. The number of hydrogen-bond donors (Lipinski definition) is 2. The van der Waals surface area contributed by atoms with Gasteiger partial charge in [0.05, 0.1) is 0 Å². The number of thioether (sulfide) groups is 1. The van der Waals surface area contributed by atoms with E-state index < -0.39 is 0 Å². The van der Waals surface area contributed by atoms with Crippen molar-refractivity contribution in [3.05, 3.63) is 0 Å². The molecule has 0 atom stereocenters. The minimum absolute atomic E-state index is 0.232. The van der Waals surface area contributed by atoms with Crippen LogP contribution in [0.1, 0.15) is 32.1 Å². The Hall–Kier alpha value is -0.220. The Morgan fingerprint density at radius 1 is 1.31 bits per heavy atom. The van der Waals surface area contributed by atoms with Crippen LogP contribution < -0.4 is 10.6 Å². The summed E-state index contributed by atoms with van der Waals surface area (Å²) in [6.07, 6.45) is 7.83. The highest BCUT2D eigenvalue weighted by Crippen LogP contribution is 2.07. The van der Waals surface area contributed by atoms with Crippen LogP contribution in [0.15, 0.2) is 0 Å². The van der Waals surface area contributed by atoms with Gasteiger partial charge in [0.25, 0.3) is 0 Å². The third-order valence-corrected chi connectivity index (χ3v) is 3.63. The third-order valence-electron chi connectivity index (χ3n) is 2.94. The Morgan fingerprint density at radius 2 is 2.06 bits per heavy atom. The quantitative estimate of drug-likeness (QED) is 0.606. The number of rotatable bonds is 9. The van der Waals surface area contributed by atoms with Crippen LogP contribution in [0.25, 0.3) is 0 Å². The highest BCUT2D eigenvalue weighted by atomic mass is 32.2. The largest absolute Gasteiger partial charge is 0.356 e. The number of amides is 1. The van der Waals surface area contributed by atoms with Gasteiger partial charge in [-0.25, -0.2) is 0 Å². The molecule has 1 aliphatic heterocycles. The number of carbonyl (C=O) groups is 1. The van der Waals surface area contributed by atoms with Gasteiger partial charge in [0.2, 0.25) is 5.91 Å². The van der Waals surface area contributed by atoms with Gasteiger partial charge in [-0.1, -0.05) is 12.8 Å². The predicted octanol–water partition coefficient (Wildman–Crippen LogP) is 1.64. The van der Waals surface area contributed by atoms with Gasteiger partial charge in [-0.3, -0.25) is 4.79 Å². The zero-order valence-corrected chi connectivity index (χ0v) is 11.1. The summed E-state index contributed by atoms with van der Waals surface area (Å²) >= 11 is 1.91. The average molecular weight is 244 g/mol. The van der Waals surface area contributed by atoms with E-state index in [9.17, 15) is 4.79 Å². The van der Waals surface area contributed by atoms with Crippen LogP contribution >= 0.6 is 11.8 Å². The van der Waals surface area contributed by atoms with Gasteiger partial charge in [-0.15, -0.1) is 0 Å². The summed E-state index contributed by atoms with van der Waals surface area (Å²) in [6, 6.07) is 0. The molecule has 1 aliphatic rings. The summed E-state index contributed by atoms with van der Waals surface area (Å²) < 4.78 is 0. The molecule has 94 valence electrons. The van der Waals surface area contributed by atoms with Gasteiger partial charge < -0.3 is 10.6 Å². The average Bonchev–Trinajstić information content (AvgIpc) is 2.22. The molecular weight excluding hydrogens is 220 g/mol. The Kier molecular flexibility index (Phi) is 7.68. The first-order chi connectivity index (χ1) is 7.83. The second-order valence-corrected chi connectivity index (χ2v) is 5.47. The normalized spacial score (nSPS) is 15.8. The molecule has 1 saturated heterocycles. The highest BCUT2D eigenvalue weighted by Gasteiger charge is 2.19. The third kappa shape index (κ3) is 6.38. The van der Waals surface area contributed by atoms with E-state index in [0.29, 0.717) is 12.3 Å². The standard InChI is InChI=1S/C12H24N2OS/c1-16-7-5-3-2-4-6-14-12(15)8-11-9-13-10-11/h11,13H,2-10H2,1H3,(H,14,15). The molecule has 4 heteroatoms. The Bertz CT molecular complexity index is 195. The molecule has 0 radical (unpaired) electrons. The smallest absolute Gasteiger partial charge is 0.220 e. The van der Waals surface area contributed by atoms with Crippen molar-refractivity contribution in [3.8, 4) is 0 Å². The van der Waals surface area contributed by atoms with E-state index in [0.717, 1.165) is 26.1 Å². The van der Waals surface area contributed by atoms with E-state index in [4.69, 9.17) is 0 Å². The Morgan fingerprint density at radius 3 is 2.69 bits per heavy atom. The summed E-state index contributed by atoms with van der Waals surface area (Å²) in [4.78, 5) is 11.4. The van der Waals surface area contributed by atoms with Gasteiger partial charge in [0.1, 0.15) is 0 Å². The number of unbranched alkanes of at least 4 members (excludes halogenated alkanes) is 3. The van der Waals surface area contributed by atoms with Crippen LogP contribution in [0.3, 0.4) is 0 Å². The molecule has 16 heavy (non-hydrogen) atoms. The lowest BCUT2D eigenvalue weighted by atomic mass is 9.99. The topological polar surface area (TPSA) is 41.1 Å². The molecule has 1 fully saturated rings. The Balaban J connectivity index is 1.80. The van der Waals surface area contributed by atoms with Gasteiger partial charge in [0.15, 0.2) is 0 Å². The lowest BCUT2D eigenvalue weighted by molar-refractivity contribution is -0.122. The molecule has 2 N–H and O–H groups in total. The van der Waals surface area contributed by atoms with E-state index in [1.807, 2.05) is 11.8 Å². The molecule has 0 bridgehead atoms. The fourth-order valence-electron chi connectivity index (χ4n) is 1.78. The van der Waals surface area contributed by atoms with E-state index in [2.05, 4.69) is 16.9 Å². The van der Waals surface area contributed by atoms with E-state index in [1.165, 1.54) is 25.0 Å². The van der Waals surface area contributed by atoms with Crippen molar-refractivity contribution in [2.75, 3.05) is 31.6 Å². The molecule has 0 unspecified atom stereocenters. The zero-order valence-electron chi connectivity index (χ0n) is 10.3. The van der Waals surface area contributed by atoms with Crippen molar-refractivity contribution in [3.63, 3.8) is 0 Å². The molecule has 1 amide bonds. The molecule has 0 spiro atoms. The second kappa shape index (κ2) is 8.88. The van der Waals surface area contributed by atoms with Crippen molar-refractivity contribution in [1.82, 2.24) is 10.6 Å². The maximum absolute atomic E-state index is 11.4. The van der Waals surface area contributed by atoms with Crippen LogP contribution in [-0.4, -0.2) is 37.6 Å². The highest BCUT2D eigenvalue weighted by molar-refractivity contribution is 7.98.